The maximum absolute atomic E-state index is 4.87. The summed E-state index contributed by atoms with van der Waals surface area (Å²) >= 11 is 4.87. The minimum atomic E-state index is 0.509. The largest absolute Gasteiger partial charge is 0.364 e. The summed E-state index contributed by atoms with van der Waals surface area (Å²) in [7, 11) is 1.75. The van der Waals surface area contributed by atoms with Gasteiger partial charge in [0.1, 0.15) is 0 Å². The van der Waals surface area contributed by atoms with Gasteiger partial charge in [-0.05, 0) is 30.3 Å². The van der Waals surface area contributed by atoms with Crippen molar-refractivity contribution in [2.45, 2.75) is 6.92 Å². The van der Waals surface area contributed by atoms with Crippen molar-refractivity contribution in [1.29, 1.82) is 0 Å². The first kappa shape index (κ1) is 10.7. The van der Waals surface area contributed by atoms with Gasteiger partial charge >= 0.3 is 0 Å². The Morgan fingerprint density at radius 2 is 2.14 bits per heavy atom. The van der Waals surface area contributed by atoms with Crippen LogP contribution in [0.2, 0.25) is 0 Å². The van der Waals surface area contributed by atoms with Crippen LogP contribution in [0, 0.1) is 6.92 Å². The highest BCUT2D eigenvalue weighted by atomic mass is 32.1. The van der Waals surface area contributed by atoms with E-state index in [2.05, 4.69) is 15.8 Å². The maximum atomic E-state index is 4.87. The fourth-order valence-electron chi connectivity index (χ4n) is 0.948. The van der Waals surface area contributed by atoms with E-state index < -0.39 is 0 Å². The van der Waals surface area contributed by atoms with Gasteiger partial charge in [0.05, 0.1) is 6.21 Å². The Hall–Kier alpha value is -1.42. The molecular weight excluding hydrogens is 194 g/mol. The van der Waals surface area contributed by atoms with Gasteiger partial charge < -0.3 is 5.32 Å². The van der Waals surface area contributed by atoms with E-state index in [4.69, 9.17) is 12.2 Å². The second kappa shape index (κ2) is 5.34. The van der Waals surface area contributed by atoms with Crippen LogP contribution in [0.3, 0.4) is 0 Å². The highest BCUT2D eigenvalue weighted by molar-refractivity contribution is 7.80. The number of hydrogen-bond donors (Lipinski definition) is 2. The number of nitrogens with zero attached hydrogens (tertiary/aromatic N) is 1. The molecule has 0 aromatic heterocycles. The third kappa shape index (κ3) is 3.14. The molecule has 0 heterocycles. The Balaban J connectivity index is 2.60. The fraction of sp³-hybridized carbons (Fsp3) is 0.200. The summed E-state index contributed by atoms with van der Waals surface area (Å²) < 4.78 is 0. The predicted molar refractivity (Wildman–Crippen MR) is 63.6 cm³/mol. The Kier molecular flexibility index (Phi) is 4.07. The van der Waals surface area contributed by atoms with E-state index in [1.165, 1.54) is 5.56 Å². The molecule has 0 saturated heterocycles. The second-order valence-corrected chi connectivity index (χ2v) is 3.21. The number of benzene rings is 1. The van der Waals surface area contributed by atoms with Gasteiger partial charge in [-0.15, -0.1) is 0 Å². The van der Waals surface area contributed by atoms with Crippen molar-refractivity contribution in [2.24, 2.45) is 5.10 Å². The average Bonchev–Trinajstić information content (AvgIpc) is 2.20. The minimum Gasteiger partial charge on any atom is -0.364 e. The van der Waals surface area contributed by atoms with Crippen molar-refractivity contribution < 1.29 is 0 Å². The van der Waals surface area contributed by atoms with Gasteiger partial charge in [-0.2, -0.15) is 5.10 Å². The smallest absolute Gasteiger partial charge is 0.186 e. The van der Waals surface area contributed by atoms with Crippen LogP contribution in [0.1, 0.15) is 11.1 Å². The molecule has 0 bridgehead atoms. The standard InChI is InChI=1S/C10H13N3S/c1-8-5-3-4-6-9(8)7-12-13-10(14)11-2/h3-7H,1-2H3,(H2,11,13,14). The van der Waals surface area contributed by atoms with Gasteiger partial charge in [-0.25, -0.2) is 0 Å². The van der Waals surface area contributed by atoms with E-state index in [0.29, 0.717) is 5.11 Å². The highest BCUT2D eigenvalue weighted by Crippen LogP contribution is 2.02. The molecule has 0 fully saturated rings. The molecule has 0 amide bonds. The van der Waals surface area contributed by atoms with E-state index in [9.17, 15) is 0 Å². The van der Waals surface area contributed by atoms with Crippen molar-refractivity contribution in [2.75, 3.05) is 7.05 Å². The van der Waals surface area contributed by atoms with Gasteiger partial charge in [0, 0.05) is 7.05 Å². The molecule has 3 nitrogen and oxygen atoms in total. The number of hydrazone groups is 1. The lowest BCUT2D eigenvalue weighted by molar-refractivity contribution is 0.982. The molecule has 0 aliphatic heterocycles. The zero-order chi connectivity index (χ0) is 10.4. The number of nitrogens with one attached hydrogen (secondary N) is 2. The Morgan fingerprint density at radius 1 is 1.43 bits per heavy atom. The van der Waals surface area contributed by atoms with Gasteiger partial charge in [-0.3, -0.25) is 5.43 Å². The van der Waals surface area contributed by atoms with Crippen LogP contribution >= 0.6 is 12.2 Å². The van der Waals surface area contributed by atoms with Gasteiger partial charge in [0.15, 0.2) is 5.11 Å². The first-order chi connectivity index (χ1) is 6.74. The minimum absolute atomic E-state index is 0.509. The normalized spacial score (nSPS) is 10.1. The first-order valence-electron chi connectivity index (χ1n) is 4.30. The molecule has 4 heteroatoms. The van der Waals surface area contributed by atoms with Crippen LogP contribution in [0.5, 0.6) is 0 Å². The molecule has 0 unspecified atom stereocenters. The molecule has 0 atom stereocenters. The monoisotopic (exact) mass is 207 g/mol. The summed E-state index contributed by atoms with van der Waals surface area (Å²) in [5.41, 5.74) is 4.97. The van der Waals surface area contributed by atoms with E-state index in [0.717, 1.165) is 5.56 Å². The van der Waals surface area contributed by atoms with Crippen LogP contribution in [0.25, 0.3) is 0 Å². The molecule has 1 aromatic rings. The summed E-state index contributed by atoms with van der Waals surface area (Å²) in [5.74, 6) is 0. The number of rotatable bonds is 2. The number of hydrogen-bond acceptors (Lipinski definition) is 2. The van der Waals surface area contributed by atoms with Crippen molar-refractivity contribution in [3.05, 3.63) is 35.4 Å². The van der Waals surface area contributed by atoms with E-state index in [1.807, 2.05) is 31.2 Å². The third-order valence-corrected chi connectivity index (χ3v) is 2.08. The molecule has 0 radical (unpaired) electrons. The van der Waals surface area contributed by atoms with Crippen LogP contribution in [-0.4, -0.2) is 18.4 Å². The SMILES string of the molecule is CNC(=S)NN=Cc1ccccc1C. The Morgan fingerprint density at radius 3 is 2.79 bits per heavy atom. The molecule has 14 heavy (non-hydrogen) atoms. The lowest BCUT2D eigenvalue weighted by atomic mass is 10.1. The summed E-state index contributed by atoms with van der Waals surface area (Å²) in [6.45, 7) is 2.04. The van der Waals surface area contributed by atoms with Crippen molar-refractivity contribution in [1.82, 2.24) is 10.7 Å². The van der Waals surface area contributed by atoms with Gasteiger partial charge in [-0.1, -0.05) is 24.3 Å². The zero-order valence-corrected chi connectivity index (χ0v) is 9.06. The van der Waals surface area contributed by atoms with Crippen molar-refractivity contribution >= 4 is 23.5 Å². The van der Waals surface area contributed by atoms with Gasteiger partial charge in [0.2, 0.25) is 0 Å². The summed E-state index contributed by atoms with van der Waals surface area (Å²) in [6, 6.07) is 8.02. The van der Waals surface area contributed by atoms with E-state index in [-0.39, 0.29) is 0 Å². The third-order valence-electron chi connectivity index (χ3n) is 1.79. The predicted octanol–water partition coefficient (Wildman–Crippen LogP) is 1.42. The quantitative estimate of drug-likeness (QED) is 0.437. The Bertz CT molecular complexity index is 347. The lowest BCUT2D eigenvalue weighted by Crippen LogP contribution is -2.28. The molecule has 1 rings (SSSR count). The summed E-state index contributed by atoms with van der Waals surface area (Å²) in [5, 5.41) is 7.28. The molecule has 1 aromatic carbocycles. The molecular formula is C10H13N3S. The van der Waals surface area contributed by atoms with E-state index in [1.54, 1.807) is 13.3 Å². The molecule has 0 aliphatic carbocycles. The average molecular weight is 207 g/mol. The summed E-state index contributed by atoms with van der Waals surface area (Å²) in [4.78, 5) is 0. The topological polar surface area (TPSA) is 36.4 Å². The zero-order valence-electron chi connectivity index (χ0n) is 8.24. The van der Waals surface area contributed by atoms with E-state index >= 15 is 0 Å². The number of aryl methyl sites for hydroxylation is 1. The van der Waals surface area contributed by atoms with Crippen molar-refractivity contribution in [3.8, 4) is 0 Å². The van der Waals surface area contributed by atoms with Gasteiger partial charge in [0.25, 0.3) is 0 Å². The second-order valence-electron chi connectivity index (χ2n) is 2.81. The maximum Gasteiger partial charge on any atom is 0.186 e. The van der Waals surface area contributed by atoms with Crippen LogP contribution in [-0.2, 0) is 0 Å². The first-order valence-corrected chi connectivity index (χ1v) is 4.71. The highest BCUT2D eigenvalue weighted by Gasteiger charge is 1.91. The fourth-order valence-corrected chi connectivity index (χ4v) is 1.00. The molecule has 74 valence electrons. The van der Waals surface area contributed by atoms with Crippen molar-refractivity contribution in [3.63, 3.8) is 0 Å². The summed E-state index contributed by atoms with van der Waals surface area (Å²) in [6.07, 6.45) is 1.75. The molecule has 0 spiro atoms. The number of thiocarbonyl (C=S) groups is 1. The molecule has 0 saturated carbocycles. The molecule has 2 N–H and O–H groups in total. The van der Waals surface area contributed by atoms with Crippen LogP contribution in [0.15, 0.2) is 29.4 Å². The Labute approximate surface area is 89.2 Å². The lowest BCUT2D eigenvalue weighted by Gasteiger charge is -2.00. The molecule has 0 aliphatic rings. The van der Waals surface area contributed by atoms with Crippen LogP contribution < -0.4 is 10.7 Å². The van der Waals surface area contributed by atoms with Crippen LogP contribution in [0.4, 0.5) is 0 Å².